The molecule has 0 aliphatic carbocycles. The summed E-state index contributed by atoms with van der Waals surface area (Å²) in [5.74, 6) is 0.479. The van der Waals surface area contributed by atoms with Crippen LogP contribution in [0.3, 0.4) is 0 Å². The fourth-order valence-electron chi connectivity index (χ4n) is 2.41. The molecule has 0 amide bonds. The van der Waals surface area contributed by atoms with Crippen LogP contribution in [-0.4, -0.2) is 18.4 Å². The summed E-state index contributed by atoms with van der Waals surface area (Å²) >= 11 is 1.46. The van der Waals surface area contributed by atoms with E-state index in [1.165, 1.54) is 18.7 Å². The minimum absolute atomic E-state index is 0.0256. The lowest BCUT2D eigenvalue weighted by Crippen LogP contribution is -2.04. The highest BCUT2D eigenvalue weighted by atomic mass is 32.2. The lowest BCUT2D eigenvalue weighted by molar-refractivity contribution is -0.132. The van der Waals surface area contributed by atoms with E-state index in [-0.39, 0.29) is 5.78 Å². The summed E-state index contributed by atoms with van der Waals surface area (Å²) in [5, 5.41) is 0. The fraction of sp³-hybridized carbons (Fsp3) is 0.158. The van der Waals surface area contributed by atoms with Gasteiger partial charge in [0.25, 0.3) is 0 Å². The number of hydrogen-bond acceptors (Lipinski definition) is 5. The van der Waals surface area contributed by atoms with E-state index < -0.39 is 5.97 Å². The van der Waals surface area contributed by atoms with Crippen LogP contribution in [0, 0.1) is 0 Å². The third-order valence-corrected chi connectivity index (χ3v) is 4.49. The van der Waals surface area contributed by atoms with Crippen molar-refractivity contribution in [3.05, 3.63) is 58.5 Å². The monoisotopic (exact) mass is 340 g/mol. The average molecular weight is 340 g/mol. The van der Waals surface area contributed by atoms with Gasteiger partial charge in [0.15, 0.2) is 11.5 Å². The Hall–Kier alpha value is -2.53. The Morgan fingerprint density at radius 3 is 2.67 bits per heavy atom. The summed E-state index contributed by atoms with van der Waals surface area (Å²) in [6, 6.07) is 12.8. The van der Waals surface area contributed by atoms with E-state index >= 15 is 0 Å². The summed E-state index contributed by atoms with van der Waals surface area (Å²) in [6.07, 6.45) is 1.83. The molecule has 2 aromatic rings. The first-order chi connectivity index (χ1) is 11.6. The number of rotatable bonds is 4. The zero-order chi connectivity index (χ0) is 17.1. The van der Waals surface area contributed by atoms with Gasteiger partial charge in [0.1, 0.15) is 0 Å². The van der Waals surface area contributed by atoms with Gasteiger partial charge in [0.05, 0.1) is 11.5 Å². The van der Waals surface area contributed by atoms with Crippen LogP contribution in [0.2, 0.25) is 0 Å². The summed E-state index contributed by atoms with van der Waals surface area (Å²) < 4.78 is 10.7. The van der Waals surface area contributed by atoms with E-state index in [9.17, 15) is 9.59 Å². The van der Waals surface area contributed by atoms with Crippen molar-refractivity contribution in [2.75, 3.05) is 6.61 Å². The molecule has 0 radical (unpaired) electrons. The van der Waals surface area contributed by atoms with Gasteiger partial charge in [0.2, 0.25) is 5.78 Å². The van der Waals surface area contributed by atoms with Gasteiger partial charge in [-0.3, -0.25) is 9.59 Å². The van der Waals surface area contributed by atoms with Crippen LogP contribution in [-0.2, 0) is 4.79 Å². The van der Waals surface area contributed by atoms with E-state index in [0.29, 0.717) is 23.0 Å². The molecule has 3 rings (SSSR count). The van der Waals surface area contributed by atoms with Gasteiger partial charge in [-0.25, -0.2) is 0 Å². The Labute approximate surface area is 144 Å². The molecule has 24 heavy (non-hydrogen) atoms. The number of ketones is 1. The van der Waals surface area contributed by atoms with Gasteiger partial charge < -0.3 is 9.47 Å². The van der Waals surface area contributed by atoms with Crippen LogP contribution in [0.5, 0.6) is 11.5 Å². The first-order valence-corrected chi connectivity index (χ1v) is 8.38. The first kappa shape index (κ1) is 16.3. The molecule has 0 spiro atoms. The SMILES string of the molecule is CCOc1cc(/C=C2\Sc3ccccc3C2=O)ccc1OC(C)=O. The smallest absolute Gasteiger partial charge is 0.308 e. The van der Waals surface area contributed by atoms with E-state index in [0.717, 1.165) is 16.0 Å². The molecule has 0 bridgehead atoms. The van der Waals surface area contributed by atoms with Crippen molar-refractivity contribution in [1.82, 2.24) is 0 Å². The number of ether oxygens (including phenoxy) is 2. The van der Waals surface area contributed by atoms with Crippen molar-refractivity contribution in [3.63, 3.8) is 0 Å². The zero-order valence-electron chi connectivity index (χ0n) is 13.4. The van der Waals surface area contributed by atoms with E-state index in [1.807, 2.05) is 37.3 Å². The van der Waals surface area contributed by atoms with Crippen LogP contribution in [0.25, 0.3) is 6.08 Å². The van der Waals surface area contributed by atoms with Gasteiger partial charge in [-0.1, -0.05) is 30.0 Å². The van der Waals surface area contributed by atoms with Crippen molar-refractivity contribution in [3.8, 4) is 11.5 Å². The Bertz CT molecular complexity index is 839. The number of carbonyl (C=O) groups is 2. The molecule has 0 fully saturated rings. The van der Waals surface area contributed by atoms with Crippen molar-refractivity contribution in [1.29, 1.82) is 0 Å². The highest BCUT2D eigenvalue weighted by Gasteiger charge is 2.25. The van der Waals surface area contributed by atoms with E-state index in [4.69, 9.17) is 9.47 Å². The van der Waals surface area contributed by atoms with E-state index in [1.54, 1.807) is 18.2 Å². The molecule has 0 atom stereocenters. The lowest BCUT2D eigenvalue weighted by atomic mass is 10.1. The Morgan fingerprint density at radius 2 is 1.96 bits per heavy atom. The predicted molar refractivity (Wildman–Crippen MR) is 93.5 cm³/mol. The Kier molecular flexibility index (Phi) is 4.71. The van der Waals surface area contributed by atoms with Crippen LogP contribution in [0.4, 0.5) is 0 Å². The molecule has 0 unspecified atom stereocenters. The number of thioether (sulfide) groups is 1. The number of benzene rings is 2. The first-order valence-electron chi connectivity index (χ1n) is 7.57. The van der Waals surface area contributed by atoms with Gasteiger partial charge in [-0.2, -0.15) is 0 Å². The van der Waals surface area contributed by atoms with Crippen molar-refractivity contribution >= 4 is 29.6 Å². The molecule has 122 valence electrons. The van der Waals surface area contributed by atoms with Gasteiger partial charge in [0, 0.05) is 17.4 Å². The summed E-state index contributed by atoms with van der Waals surface area (Å²) in [6.45, 7) is 3.65. The summed E-state index contributed by atoms with van der Waals surface area (Å²) in [5.41, 5.74) is 1.55. The fourth-order valence-corrected chi connectivity index (χ4v) is 3.46. The number of allylic oxidation sites excluding steroid dienone is 1. The van der Waals surface area contributed by atoms with Gasteiger partial charge >= 0.3 is 5.97 Å². The van der Waals surface area contributed by atoms with Crippen LogP contribution in [0.15, 0.2) is 52.3 Å². The standard InChI is InChI=1S/C19H16O4S/c1-3-22-16-10-13(8-9-15(16)23-12(2)20)11-18-19(21)14-6-4-5-7-17(14)24-18/h4-11H,3H2,1-2H3/b18-11-. The lowest BCUT2D eigenvalue weighted by Gasteiger charge is -2.10. The minimum atomic E-state index is -0.404. The number of hydrogen-bond donors (Lipinski definition) is 0. The normalized spacial score (nSPS) is 14.6. The van der Waals surface area contributed by atoms with Gasteiger partial charge in [-0.05, 0) is 42.8 Å². The second-order valence-electron chi connectivity index (χ2n) is 5.17. The van der Waals surface area contributed by atoms with Crippen molar-refractivity contribution in [2.45, 2.75) is 18.7 Å². The number of carbonyl (C=O) groups excluding carboxylic acids is 2. The zero-order valence-corrected chi connectivity index (χ0v) is 14.2. The molecule has 1 aliphatic rings. The molecule has 0 N–H and O–H groups in total. The van der Waals surface area contributed by atoms with Crippen LogP contribution >= 0.6 is 11.8 Å². The quantitative estimate of drug-likeness (QED) is 0.471. The molecule has 0 saturated carbocycles. The molecule has 2 aromatic carbocycles. The largest absolute Gasteiger partial charge is 0.490 e. The highest BCUT2D eigenvalue weighted by Crippen LogP contribution is 2.41. The number of esters is 1. The molecule has 1 heterocycles. The van der Waals surface area contributed by atoms with Crippen molar-refractivity contribution < 1.29 is 19.1 Å². The predicted octanol–water partition coefficient (Wildman–Crippen LogP) is 4.34. The topological polar surface area (TPSA) is 52.6 Å². The second kappa shape index (κ2) is 6.93. The number of fused-ring (bicyclic) bond motifs is 1. The molecular weight excluding hydrogens is 324 g/mol. The third kappa shape index (κ3) is 3.36. The summed E-state index contributed by atoms with van der Waals surface area (Å²) in [4.78, 5) is 25.2. The van der Waals surface area contributed by atoms with E-state index in [2.05, 4.69) is 0 Å². The molecular formula is C19H16O4S. The minimum Gasteiger partial charge on any atom is -0.490 e. The average Bonchev–Trinajstić information content (AvgIpc) is 2.86. The number of Topliss-reactive ketones (excluding diaryl/α,β-unsaturated/α-hetero) is 1. The maximum absolute atomic E-state index is 12.4. The molecule has 0 saturated heterocycles. The highest BCUT2D eigenvalue weighted by molar-refractivity contribution is 8.04. The van der Waals surface area contributed by atoms with Crippen LogP contribution in [0.1, 0.15) is 29.8 Å². The second-order valence-corrected chi connectivity index (χ2v) is 6.25. The van der Waals surface area contributed by atoms with Crippen molar-refractivity contribution in [2.24, 2.45) is 0 Å². The molecule has 5 heteroatoms. The van der Waals surface area contributed by atoms with Crippen LogP contribution < -0.4 is 9.47 Å². The molecule has 0 aromatic heterocycles. The van der Waals surface area contributed by atoms with Gasteiger partial charge in [-0.15, -0.1) is 0 Å². The third-order valence-electron chi connectivity index (χ3n) is 3.39. The maximum Gasteiger partial charge on any atom is 0.308 e. The summed E-state index contributed by atoms with van der Waals surface area (Å²) in [7, 11) is 0. The Morgan fingerprint density at radius 1 is 1.17 bits per heavy atom. The maximum atomic E-state index is 12.4. The molecule has 4 nitrogen and oxygen atoms in total. The molecule has 1 aliphatic heterocycles. The Balaban J connectivity index is 1.92.